The van der Waals surface area contributed by atoms with Gasteiger partial charge in [0.15, 0.2) is 6.61 Å². The fourth-order valence-corrected chi connectivity index (χ4v) is 3.72. The number of nitrogens with one attached hydrogen (secondary N) is 1. The number of ether oxygens (including phenoxy) is 1. The normalized spacial score (nSPS) is 13.2. The molecule has 6 nitrogen and oxygen atoms in total. The largest absolute Gasteiger partial charge is 0.452 e. The van der Waals surface area contributed by atoms with E-state index in [1.54, 1.807) is 18.2 Å². The molecule has 0 spiro atoms. The number of carbonyl (C=O) groups is 2. The van der Waals surface area contributed by atoms with Gasteiger partial charge in [0.05, 0.1) is 23.0 Å². The quantitative estimate of drug-likeness (QED) is 0.715. The number of aryl methyl sites for hydroxylation is 2. The minimum absolute atomic E-state index is 0.343. The maximum atomic E-state index is 12.2. The van der Waals surface area contributed by atoms with Crippen LogP contribution in [0, 0.1) is 0 Å². The van der Waals surface area contributed by atoms with Crippen molar-refractivity contribution in [2.24, 2.45) is 0 Å². The Hall–Kier alpha value is -2.80. The van der Waals surface area contributed by atoms with Crippen LogP contribution in [0.4, 0.5) is 5.69 Å². The van der Waals surface area contributed by atoms with Gasteiger partial charge in [-0.15, -0.1) is 0 Å². The van der Waals surface area contributed by atoms with Gasteiger partial charge >= 0.3 is 5.97 Å². The van der Waals surface area contributed by atoms with Gasteiger partial charge < -0.3 is 10.1 Å². The van der Waals surface area contributed by atoms with Crippen LogP contribution >= 0.6 is 11.7 Å². The predicted molar refractivity (Wildman–Crippen MR) is 99.4 cm³/mol. The summed E-state index contributed by atoms with van der Waals surface area (Å²) in [5.74, 6) is -0.890. The van der Waals surface area contributed by atoms with E-state index in [1.165, 1.54) is 17.5 Å². The van der Waals surface area contributed by atoms with E-state index in [0.29, 0.717) is 16.8 Å². The summed E-state index contributed by atoms with van der Waals surface area (Å²) in [5.41, 5.74) is 4.91. The fraction of sp³-hybridized carbons (Fsp3) is 0.263. The number of amides is 1. The summed E-state index contributed by atoms with van der Waals surface area (Å²) >= 11 is 1.08. The molecule has 0 fully saturated rings. The van der Waals surface area contributed by atoms with E-state index in [2.05, 4.69) is 14.1 Å². The highest BCUT2D eigenvalue weighted by molar-refractivity contribution is 7.00. The number of anilines is 1. The monoisotopic (exact) mass is 367 g/mol. The number of nitrogens with zero attached hydrogens (tertiary/aromatic N) is 2. The lowest BCUT2D eigenvalue weighted by molar-refractivity contribution is -0.119. The Morgan fingerprint density at radius 1 is 1.08 bits per heavy atom. The van der Waals surface area contributed by atoms with Crippen LogP contribution in [-0.4, -0.2) is 27.2 Å². The van der Waals surface area contributed by atoms with Crippen LogP contribution in [0.2, 0.25) is 0 Å². The van der Waals surface area contributed by atoms with E-state index < -0.39 is 11.9 Å². The van der Waals surface area contributed by atoms with Crippen LogP contribution in [0.5, 0.6) is 0 Å². The third-order valence-corrected chi connectivity index (χ3v) is 5.02. The Morgan fingerprint density at radius 2 is 1.92 bits per heavy atom. The zero-order valence-corrected chi connectivity index (χ0v) is 14.8. The van der Waals surface area contributed by atoms with Gasteiger partial charge in [-0.25, -0.2) is 4.79 Å². The summed E-state index contributed by atoms with van der Waals surface area (Å²) in [4.78, 5) is 24.3. The molecule has 26 heavy (non-hydrogen) atoms. The number of fused-ring (bicyclic) bond motifs is 2. The lowest BCUT2D eigenvalue weighted by Crippen LogP contribution is -2.21. The molecule has 0 radical (unpaired) electrons. The minimum atomic E-state index is -0.484. The van der Waals surface area contributed by atoms with Gasteiger partial charge in [-0.1, -0.05) is 12.1 Å². The summed E-state index contributed by atoms with van der Waals surface area (Å²) in [6.45, 7) is -0.343. The molecule has 1 aliphatic carbocycles. The van der Waals surface area contributed by atoms with Crippen molar-refractivity contribution in [1.82, 2.24) is 8.75 Å². The number of hydrogen-bond donors (Lipinski definition) is 1. The first-order chi connectivity index (χ1) is 12.7. The van der Waals surface area contributed by atoms with E-state index in [4.69, 9.17) is 4.74 Å². The smallest absolute Gasteiger partial charge is 0.338 e. The molecular formula is C19H17N3O3S. The van der Waals surface area contributed by atoms with Crippen molar-refractivity contribution in [3.63, 3.8) is 0 Å². The molecule has 1 amide bonds. The second-order valence-electron chi connectivity index (χ2n) is 6.25. The van der Waals surface area contributed by atoms with E-state index in [0.717, 1.165) is 36.5 Å². The van der Waals surface area contributed by atoms with Gasteiger partial charge in [0.2, 0.25) is 0 Å². The molecule has 0 saturated heterocycles. The van der Waals surface area contributed by atoms with Crippen molar-refractivity contribution in [3.05, 3.63) is 53.1 Å². The van der Waals surface area contributed by atoms with Crippen molar-refractivity contribution in [1.29, 1.82) is 0 Å². The summed E-state index contributed by atoms with van der Waals surface area (Å²) in [5, 5.41) is 2.72. The zero-order chi connectivity index (χ0) is 17.9. The molecule has 1 heterocycles. The van der Waals surface area contributed by atoms with Crippen molar-refractivity contribution in [3.8, 4) is 0 Å². The molecule has 0 unspecified atom stereocenters. The molecule has 0 bridgehead atoms. The molecule has 3 aromatic rings. The maximum absolute atomic E-state index is 12.2. The van der Waals surface area contributed by atoms with Crippen LogP contribution in [0.3, 0.4) is 0 Å². The first-order valence-corrected chi connectivity index (χ1v) is 9.24. The second kappa shape index (κ2) is 7.21. The van der Waals surface area contributed by atoms with Crippen molar-refractivity contribution < 1.29 is 14.3 Å². The van der Waals surface area contributed by atoms with E-state index >= 15 is 0 Å². The SMILES string of the molecule is O=C(COC(=O)c1ccc2c(c1)CCCC2)Nc1cccc2nsnc12. The lowest BCUT2D eigenvalue weighted by atomic mass is 9.90. The Balaban J connectivity index is 1.38. The van der Waals surface area contributed by atoms with Gasteiger partial charge in [0, 0.05) is 0 Å². The van der Waals surface area contributed by atoms with Gasteiger partial charge in [0.1, 0.15) is 11.0 Å². The lowest BCUT2D eigenvalue weighted by Gasteiger charge is -2.16. The molecule has 1 aliphatic rings. The van der Waals surface area contributed by atoms with Crippen molar-refractivity contribution in [2.45, 2.75) is 25.7 Å². The van der Waals surface area contributed by atoms with E-state index in [-0.39, 0.29) is 6.61 Å². The van der Waals surface area contributed by atoms with Crippen molar-refractivity contribution >= 4 is 40.3 Å². The Bertz CT molecular complexity index is 983. The zero-order valence-electron chi connectivity index (χ0n) is 14.0. The van der Waals surface area contributed by atoms with Crippen molar-refractivity contribution in [2.75, 3.05) is 11.9 Å². The average molecular weight is 367 g/mol. The molecule has 0 atom stereocenters. The summed E-state index contributed by atoms with van der Waals surface area (Å²) in [6, 6.07) is 11.0. The molecule has 7 heteroatoms. The maximum Gasteiger partial charge on any atom is 0.338 e. The highest BCUT2D eigenvalue weighted by Gasteiger charge is 2.15. The van der Waals surface area contributed by atoms with Crippen LogP contribution in [0.15, 0.2) is 36.4 Å². The molecule has 0 aliphatic heterocycles. The Kier molecular flexibility index (Phi) is 4.62. The third kappa shape index (κ3) is 3.43. The van der Waals surface area contributed by atoms with Crippen LogP contribution in [-0.2, 0) is 22.4 Å². The summed E-state index contributed by atoms with van der Waals surface area (Å²) in [6.07, 6.45) is 4.38. The Morgan fingerprint density at radius 3 is 2.81 bits per heavy atom. The molecule has 0 saturated carbocycles. The van der Waals surface area contributed by atoms with Crippen LogP contribution < -0.4 is 5.32 Å². The summed E-state index contributed by atoms with van der Waals surface area (Å²) in [7, 11) is 0. The minimum Gasteiger partial charge on any atom is -0.452 e. The summed E-state index contributed by atoms with van der Waals surface area (Å²) < 4.78 is 13.5. The second-order valence-corrected chi connectivity index (χ2v) is 6.78. The number of benzene rings is 2. The molecule has 4 rings (SSSR count). The molecule has 1 N–H and O–H groups in total. The average Bonchev–Trinajstić information content (AvgIpc) is 3.15. The van der Waals surface area contributed by atoms with E-state index in [1.807, 2.05) is 18.2 Å². The van der Waals surface area contributed by atoms with Gasteiger partial charge in [-0.2, -0.15) is 8.75 Å². The fourth-order valence-electron chi connectivity index (χ4n) is 3.17. The third-order valence-electron chi connectivity index (χ3n) is 4.48. The standard InChI is InChI=1S/C19H17N3O3S/c23-17(20-15-6-3-7-16-18(15)22-26-21-16)11-25-19(24)14-9-8-12-4-1-2-5-13(12)10-14/h3,6-10H,1-2,4-5,11H2,(H,20,23). The number of aromatic nitrogens is 2. The van der Waals surface area contributed by atoms with Crippen LogP contribution in [0.25, 0.3) is 11.0 Å². The highest BCUT2D eigenvalue weighted by Crippen LogP contribution is 2.23. The topological polar surface area (TPSA) is 81.2 Å². The van der Waals surface area contributed by atoms with Gasteiger partial charge in [0.25, 0.3) is 5.91 Å². The molecular weight excluding hydrogens is 350 g/mol. The highest BCUT2D eigenvalue weighted by atomic mass is 32.1. The molecule has 1 aromatic heterocycles. The first-order valence-electron chi connectivity index (χ1n) is 8.51. The first kappa shape index (κ1) is 16.7. The van der Waals surface area contributed by atoms with Gasteiger partial charge in [-0.3, -0.25) is 4.79 Å². The van der Waals surface area contributed by atoms with Crippen LogP contribution in [0.1, 0.15) is 34.3 Å². The Labute approximate surface area is 154 Å². The van der Waals surface area contributed by atoms with Gasteiger partial charge in [-0.05, 0) is 61.1 Å². The number of rotatable bonds is 4. The van der Waals surface area contributed by atoms with E-state index in [9.17, 15) is 9.59 Å². The number of hydrogen-bond acceptors (Lipinski definition) is 6. The molecule has 132 valence electrons. The predicted octanol–water partition coefficient (Wildman–Crippen LogP) is 3.37. The number of esters is 1. The number of carbonyl (C=O) groups excluding carboxylic acids is 2. The molecule has 2 aromatic carbocycles.